The second-order valence-electron chi connectivity index (χ2n) is 10.3. The van der Waals surface area contributed by atoms with Crippen molar-refractivity contribution in [3.8, 4) is 11.1 Å². The molecule has 7 rings (SSSR count). The van der Waals surface area contributed by atoms with E-state index in [0.29, 0.717) is 0 Å². The van der Waals surface area contributed by atoms with Gasteiger partial charge >= 0.3 is 0 Å². The fourth-order valence-corrected chi connectivity index (χ4v) is 5.85. The first-order valence-electron chi connectivity index (χ1n) is 14.0. The summed E-state index contributed by atoms with van der Waals surface area (Å²) in [7, 11) is 0. The van der Waals surface area contributed by atoms with Crippen LogP contribution in [0, 0.1) is 0 Å². The molecule has 1 aliphatic carbocycles. The Labute approximate surface area is 242 Å². The van der Waals surface area contributed by atoms with Gasteiger partial charge in [-0.25, -0.2) is 0 Å². The Morgan fingerprint density at radius 3 is 1.17 bits per heavy atom. The summed E-state index contributed by atoms with van der Waals surface area (Å²) in [6.45, 7) is 3.92. The molecule has 0 aliphatic heterocycles. The second-order valence-corrected chi connectivity index (χ2v) is 10.3. The van der Waals surface area contributed by atoms with Crippen molar-refractivity contribution in [3.63, 3.8) is 0 Å². The molecule has 0 bridgehead atoms. The lowest BCUT2D eigenvalue weighted by atomic mass is 10.0. The van der Waals surface area contributed by atoms with Crippen LogP contribution in [0.15, 0.2) is 158 Å². The third-order valence-corrected chi connectivity index (χ3v) is 7.80. The molecule has 0 radical (unpaired) electrons. The summed E-state index contributed by atoms with van der Waals surface area (Å²) in [6.07, 6.45) is 2.79. The first-order valence-corrected chi connectivity index (χ1v) is 14.0. The standard InChI is InChI=1S/C39H30N2/c1-2-29-18-20-35(21-19-29)41(34-16-10-5-11-17-34)37-23-25-39-31(28-37)26-30-27-36(22-24-38(30)39)40(32-12-6-3-7-13-32)33-14-8-4-9-15-33/h2-25,27-28H,1,26H2. The van der Waals surface area contributed by atoms with Crippen molar-refractivity contribution in [2.24, 2.45) is 0 Å². The summed E-state index contributed by atoms with van der Waals surface area (Å²) in [4.78, 5) is 4.66. The maximum atomic E-state index is 3.92. The molecule has 0 saturated heterocycles. The van der Waals surface area contributed by atoms with Crippen LogP contribution in [0.2, 0.25) is 0 Å². The van der Waals surface area contributed by atoms with E-state index in [2.05, 4.69) is 168 Å². The SMILES string of the molecule is C=Cc1ccc(N(c2ccccc2)c2ccc3c(c2)Cc2cc(N(c4ccccc4)c4ccccc4)ccc2-3)cc1. The number of benzene rings is 6. The fraction of sp³-hybridized carbons (Fsp3) is 0.0256. The lowest BCUT2D eigenvalue weighted by molar-refractivity contribution is 1.22. The fourth-order valence-electron chi connectivity index (χ4n) is 5.85. The molecule has 0 saturated carbocycles. The highest BCUT2D eigenvalue weighted by Crippen LogP contribution is 2.44. The lowest BCUT2D eigenvalue weighted by Gasteiger charge is -2.26. The molecule has 0 aromatic heterocycles. The molecule has 0 N–H and O–H groups in total. The highest BCUT2D eigenvalue weighted by Gasteiger charge is 2.23. The molecule has 6 aromatic rings. The number of fused-ring (bicyclic) bond motifs is 3. The second kappa shape index (κ2) is 10.7. The summed E-state index contributed by atoms with van der Waals surface area (Å²) in [5, 5.41) is 0. The van der Waals surface area contributed by atoms with Gasteiger partial charge in [-0.15, -0.1) is 0 Å². The van der Waals surface area contributed by atoms with Gasteiger partial charge in [0.15, 0.2) is 0 Å². The molecule has 0 fully saturated rings. The monoisotopic (exact) mass is 526 g/mol. The quantitative estimate of drug-likeness (QED) is 0.204. The Balaban J connectivity index is 1.27. The van der Waals surface area contributed by atoms with Gasteiger partial charge in [0, 0.05) is 34.1 Å². The summed E-state index contributed by atoms with van der Waals surface area (Å²) >= 11 is 0. The van der Waals surface area contributed by atoms with Crippen LogP contribution < -0.4 is 9.80 Å². The van der Waals surface area contributed by atoms with Gasteiger partial charge < -0.3 is 9.80 Å². The Morgan fingerprint density at radius 1 is 0.415 bits per heavy atom. The molecule has 6 aromatic carbocycles. The first kappa shape index (κ1) is 24.7. The summed E-state index contributed by atoms with van der Waals surface area (Å²) in [6, 6.07) is 54.1. The van der Waals surface area contributed by atoms with Crippen LogP contribution >= 0.6 is 0 Å². The molecule has 0 spiro atoms. The smallest absolute Gasteiger partial charge is 0.0464 e. The highest BCUT2D eigenvalue weighted by atomic mass is 15.1. The predicted octanol–water partition coefficient (Wildman–Crippen LogP) is 10.8. The largest absolute Gasteiger partial charge is 0.310 e. The minimum atomic E-state index is 0.905. The predicted molar refractivity (Wildman–Crippen MR) is 174 cm³/mol. The van der Waals surface area contributed by atoms with Crippen LogP contribution in [0.4, 0.5) is 34.1 Å². The third kappa shape index (κ3) is 4.70. The Hall–Kier alpha value is -5.34. The van der Waals surface area contributed by atoms with E-state index in [1.807, 2.05) is 6.08 Å². The van der Waals surface area contributed by atoms with Crippen molar-refractivity contribution in [1.29, 1.82) is 0 Å². The number of hydrogen-bond donors (Lipinski definition) is 0. The average molecular weight is 527 g/mol. The Bertz CT molecular complexity index is 1770. The summed E-state index contributed by atoms with van der Waals surface area (Å²) < 4.78 is 0. The summed E-state index contributed by atoms with van der Waals surface area (Å²) in [5.74, 6) is 0. The topological polar surface area (TPSA) is 6.48 Å². The van der Waals surface area contributed by atoms with Crippen molar-refractivity contribution in [2.45, 2.75) is 6.42 Å². The van der Waals surface area contributed by atoms with Gasteiger partial charge in [-0.05, 0) is 107 Å². The highest BCUT2D eigenvalue weighted by molar-refractivity contribution is 5.86. The minimum Gasteiger partial charge on any atom is -0.310 e. The maximum Gasteiger partial charge on any atom is 0.0464 e. The molecular formula is C39H30N2. The van der Waals surface area contributed by atoms with E-state index >= 15 is 0 Å². The van der Waals surface area contributed by atoms with E-state index in [9.17, 15) is 0 Å². The van der Waals surface area contributed by atoms with E-state index in [0.717, 1.165) is 40.4 Å². The van der Waals surface area contributed by atoms with Crippen LogP contribution in [0.3, 0.4) is 0 Å². The van der Waals surface area contributed by atoms with Crippen molar-refractivity contribution in [2.75, 3.05) is 9.80 Å². The molecule has 0 amide bonds. The normalized spacial score (nSPS) is 11.4. The van der Waals surface area contributed by atoms with Crippen LogP contribution in [-0.4, -0.2) is 0 Å². The van der Waals surface area contributed by atoms with E-state index < -0.39 is 0 Å². The molecular weight excluding hydrogens is 496 g/mol. The van der Waals surface area contributed by atoms with Crippen LogP contribution in [0.25, 0.3) is 17.2 Å². The van der Waals surface area contributed by atoms with Crippen molar-refractivity contribution in [1.82, 2.24) is 0 Å². The Kier molecular flexibility index (Phi) is 6.42. The van der Waals surface area contributed by atoms with Crippen molar-refractivity contribution >= 4 is 40.2 Å². The van der Waals surface area contributed by atoms with Crippen molar-refractivity contribution in [3.05, 3.63) is 175 Å². The van der Waals surface area contributed by atoms with Gasteiger partial charge in [0.05, 0.1) is 0 Å². The zero-order chi connectivity index (χ0) is 27.6. The molecule has 0 heterocycles. The zero-order valence-electron chi connectivity index (χ0n) is 22.8. The molecule has 2 nitrogen and oxygen atoms in total. The van der Waals surface area contributed by atoms with Gasteiger partial charge in [-0.3, -0.25) is 0 Å². The van der Waals surface area contributed by atoms with E-state index in [4.69, 9.17) is 0 Å². The average Bonchev–Trinajstić information content (AvgIpc) is 3.40. The maximum absolute atomic E-state index is 3.92. The number of anilines is 6. The van der Waals surface area contributed by atoms with E-state index in [1.165, 1.54) is 27.9 Å². The lowest BCUT2D eigenvalue weighted by Crippen LogP contribution is -2.10. The van der Waals surface area contributed by atoms with Gasteiger partial charge in [-0.2, -0.15) is 0 Å². The van der Waals surface area contributed by atoms with Gasteiger partial charge in [0.2, 0.25) is 0 Å². The third-order valence-electron chi connectivity index (χ3n) is 7.80. The molecule has 196 valence electrons. The number of rotatable bonds is 7. The molecule has 41 heavy (non-hydrogen) atoms. The molecule has 2 heteroatoms. The summed E-state index contributed by atoms with van der Waals surface area (Å²) in [5.41, 5.74) is 13.3. The van der Waals surface area contributed by atoms with Gasteiger partial charge in [-0.1, -0.05) is 91.5 Å². The Morgan fingerprint density at radius 2 is 0.780 bits per heavy atom. The van der Waals surface area contributed by atoms with Gasteiger partial charge in [0.1, 0.15) is 0 Å². The molecule has 1 aliphatic rings. The molecule has 0 unspecified atom stereocenters. The number of nitrogens with zero attached hydrogens (tertiary/aromatic N) is 2. The van der Waals surface area contributed by atoms with E-state index in [-0.39, 0.29) is 0 Å². The van der Waals surface area contributed by atoms with Crippen molar-refractivity contribution < 1.29 is 0 Å². The van der Waals surface area contributed by atoms with Crippen LogP contribution in [0.1, 0.15) is 16.7 Å². The van der Waals surface area contributed by atoms with Gasteiger partial charge in [0.25, 0.3) is 0 Å². The zero-order valence-corrected chi connectivity index (χ0v) is 22.8. The van der Waals surface area contributed by atoms with Crippen LogP contribution in [0.5, 0.6) is 0 Å². The number of hydrogen-bond acceptors (Lipinski definition) is 2. The van der Waals surface area contributed by atoms with E-state index in [1.54, 1.807) is 0 Å². The molecule has 0 atom stereocenters. The minimum absolute atomic E-state index is 0.905. The number of para-hydroxylation sites is 3. The van der Waals surface area contributed by atoms with Crippen LogP contribution in [-0.2, 0) is 6.42 Å². The first-order chi connectivity index (χ1) is 20.3.